The average molecular weight is 552 g/mol. The molecule has 10 heteroatoms. The van der Waals surface area contributed by atoms with E-state index < -0.39 is 22.0 Å². The monoisotopic (exact) mass is 551 g/mol. The zero-order chi connectivity index (χ0) is 27.2. The molecule has 0 aliphatic carbocycles. The first-order valence-electron chi connectivity index (χ1n) is 12.2. The number of aryl methyl sites for hydroxylation is 1. The van der Waals surface area contributed by atoms with Gasteiger partial charge in [0.15, 0.2) is 11.1 Å². The Morgan fingerprint density at radius 2 is 1.87 bits per heavy atom. The molecule has 1 aliphatic heterocycles. The van der Waals surface area contributed by atoms with Gasteiger partial charge in [0.2, 0.25) is 10.0 Å². The van der Waals surface area contributed by atoms with Crippen molar-refractivity contribution < 1.29 is 17.6 Å². The van der Waals surface area contributed by atoms with Crippen LogP contribution in [0.3, 0.4) is 0 Å². The van der Waals surface area contributed by atoms with Crippen molar-refractivity contribution in [2.45, 2.75) is 33.2 Å². The summed E-state index contributed by atoms with van der Waals surface area (Å²) in [6.07, 6.45) is 0.366. The first-order valence-corrected chi connectivity index (χ1v) is 14.2. The lowest BCUT2D eigenvalue weighted by Crippen LogP contribution is -2.33. The lowest BCUT2D eigenvalue weighted by Gasteiger charge is -2.21. The smallest absolute Gasteiger partial charge is 0.288 e. The number of anilines is 1. The summed E-state index contributed by atoms with van der Waals surface area (Å²) in [4.78, 5) is 30.8. The van der Waals surface area contributed by atoms with Crippen LogP contribution in [0.15, 0.2) is 63.8 Å². The van der Waals surface area contributed by atoms with Crippen molar-refractivity contribution in [1.29, 1.82) is 0 Å². The molecule has 196 valence electrons. The van der Waals surface area contributed by atoms with Gasteiger partial charge in [0.05, 0.1) is 22.9 Å². The number of sulfonamides is 1. The van der Waals surface area contributed by atoms with Crippen LogP contribution in [0, 0.1) is 13.8 Å². The number of aromatic nitrogens is 1. The highest BCUT2D eigenvalue weighted by Crippen LogP contribution is 2.33. The van der Waals surface area contributed by atoms with Gasteiger partial charge in [-0.3, -0.25) is 9.59 Å². The normalized spacial score (nSPS) is 15.5. The fourth-order valence-electron chi connectivity index (χ4n) is 4.77. The zero-order valence-corrected chi connectivity index (χ0v) is 22.7. The third-order valence-corrected chi connectivity index (χ3v) is 8.69. The topological polar surface area (TPSA) is 110 Å². The average Bonchev–Trinajstić information content (AvgIpc) is 3.25. The first kappa shape index (κ1) is 25.9. The van der Waals surface area contributed by atoms with E-state index in [2.05, 4.69) is 10.3 Å². The molecule has 2 aromatic carbocycles. The van der Waals surface area contributed by atoms with Crippen molar-refractivity contribution in [1.82, 2.24) is 9.29 Å². The number of benzene rings is 2. The Morgan fingerprint density at radius 3 is 2.55 bits per heavy atom. The maximum atomic E-state index is 13.4. The molecule has 0 spiro atoms. The summed E-state index contributed by atoms with van der Waals surface area (Å²) in [5.41, 5.74) is 3.42. The van der Waals surface area contributed by atoms with E-state index in [1.807, 2.05) is 50.2 Å². The van der Waals surface area contributed by atoms with Gasteiger partial charge in [0, 0.05) is 23.2 Å². The minimum atomic E-state index is -3.70. The van der Waals surface area contributed by atoms with Crippen molar-refractivity contribution in [3.8, 4) is 11.3 Å². The second kappa shape index (κ2) is 9.89. The van der Waals surface area contributed by atoms with Gasteiger partial charge in [-0.15, -0.1) is 0 Å². The summed E-state index contributed by atoms with van der Waals surface area (Å²) >= 11 is 6.09. The van der Waals surface area contributed by atoms with Gasteiger partial charge in [-0.05, 0) is 51.0 Å². The number of nitrogens with zero attached hydrogens (tertiary/aromatic N) is 2. The molecule has 0 radical (unpaired) electrons. The van der Waals surface area contributed by atoms with E-state index in [9.17, 15) is 18.0 Å². The molecule has 0 unspecified atom stereocenters. The Morgan fingerprint density at radius 1 is 1.13 bits per heavy atom. The summed E-state index contributed by atoms with van der Waals surface area (Å²) in [5.74, 6) is -0.332. The van der Waals surface area contributed by atoms with Crippen molar-refractivity contribution in [2.75, 3.05) is 17.6 Å². The molecule has 1 atom stereocenters. The number of hydrogen-bond acceptors (Lipinski definition) is 7. The van der Waals surface area contributed by atoms with E-state index >= 15 is 0 Å². The third kappa shape index (κ3) is 4.68. The molecule has 1 N–H and O–H groups in total. The summed E-state index contributed by atoms with van der Waals surface area (Å²) < 4.78 is 32.0. The highest BCUT2D eigenvalue weighted by Gasteiger charge is 2.35. The predicted octanol–water partition coefficient (Wildman–Crippen LogP) is 5.47. The standard InChI is InChI=1S/C28H26ClN3O5S/c1-16-14-20(27-21(15-16)25(33)17(2)26(37-27)19-8-5-4-6-9-19)18(3)30-22-10-11-23(29)31-24(22)28(34)32-12-7-13-38(32,35)36/h4-6,8-11,14-15,18,30H,7,12-13H2,1-3H3/t18-/m1/s1. The Labute approximate surface area is 225 Å². The number of carbonyl (C=O) groups excluding carboxylic acids is 1. The molecule has 38 heavy (non-hydrogen) atoms. The van der Waals surface area contributed by atoms with Crippen LogP contribution >= 0.6 is 11.6 Å². The Kier molecular flexibility index (Phi) is 6.75. The molecule has 5 rings (SSSR count). The summed E-state index contributed by atoms with van der Waals surface area (Å²) in [5, 5.41) is 3.80. The summed E-state index contributed by atoms with van der Waals surface area (Å²) in [7, 11) is -3.70. The SMILES string of the molecule is Cc1cc([C@@H](C)Nc2ccc(Cl)nc2C(=O)N2CCCS2(=O)=O)c2oc(-c3ccccc3)c(C)c(=O)c2c1. The lowest BCUT2D eigenvalue weighted by atomic mass is 9.98. The van der Waals surface area contributed by atoms with Crippen LogP contribution in [0.5, 0.6) is 0 Å². The molecule has 1 aliphatic rings. The third-order valence-electron chi connectivity index (χ3n) is 6.66. The van der Waals surface area contributed by atoms with Crippen LogP contribution in [-0.2, 0) is 10.0 Å². The number of nitrogens with one attached hydrogen (secondary N) is 1. The number of hydrogen-bond donors (Lipinski definition) is 1. The summed E-state index contributed by atoms with van der Waals surface area (Å²) in [6.45, 7) is 5.61. The molecule has 1 saturated heterocycles. The molecular weight excluding hydrogens is 526 g/mol. The van der Waals surface area contributed by atoms with E-state index in [4.69, 9.17) is 16.0 Å². The number of carbonyl (C=O) groups is 1. The van der Waals surface area contributed by atoms with Gasteiger partial charge in [0.1, 0.15) is 16.5 Å². The van der Waals surface area contributed by atoms with Crippen LogP contribution in [0.4, 0.5) is 5.69 Å². The van der Waals surface area contributed by atoms with Gasteiger partial charge < -0.3 is 9.73 Å². The molecule has 1 fully saturated rings. The van der Waals surface area contributed by atoms with Crippen LogP contribution in [0.1, 0.15) is 46.6 Å². The van der Waals surface area contributed by atoms with Crippen molar-refractivity contribution in [3.05, 3.63) is 92.4 Å². The second-order valence-electron chi connectivity index (χ2n) is 9.43. The molecule has 8 nitrogen and oxygen atoms in total. The highest BCUT2D eigenvalue weighted by atomic mass is 35.5. The largest absolute Gasteiger partial charge is 0.455 e. The predicted molar refractivity (Wildman–Crippen MR) is 148 cm³/mol. The molecule has 0 bridgehead atoms. The molecule has 4 aromatic rings. The highest BCUT2D eigenvalue weighted by molar-refractivity contribution is 7.89. The van der Waals surface area contributed by atoms with Gasteiger partial charge in [-0.1, -0.05) is 48.0 Å². The fourth-order valence-corrected chi connectivity index (χ4v) is 6.37. The molecule has 2 aromatic heterocycles. The van der Waals surface area contributed by atoms with E-state index in [0.29, 0.717) is 40.0 Å². The van der Waals surface area contributed by atoms with Gasteiger partial charge in [-0.25, -0.2) is 17.7 Å². The maximum absolute atomic E-state index is 13.4. The van der Waals surface area contributed by atoms with Gasteiger partial charge >= 0.3 is 0 Å². The number of rotatable bonds is 5. The van der Waals surface area contributed by atoms with Gasteiger partial charge in [0.25, 0.3) is 5.91 Å². The molecule has 1 amide bonds. The van der Waals surface area contributed by atoms with Crippen LogP contribution in [0.25, 0.3) is 22.3 Å². The molecule has 3 heterocycles. The minimum Gasteiger partial charge on any atom is -0.455 e. The molecule has 0 saturated carbocycles. The quantitative estimate of drug-likeness (QED) is 0.327. The Balaban J connectivity index is 1.60. The zero-order valence-electron chi connectivity index (χ0n) is 21.1. The van der Waals surface area contributed by atoms with Crippen LogP contribution in [-0.4, -0.2) is 35.9 Å². The number of fused-ring (bicyclic) bond motifs is 1. The number of halogens is 1. The van der Waals surface area contributed by atoms with Crippen molar-refractivity contribution >= 4 is 44.2 Å². The van der Waals surface area contributed by atoms with Crippen LogP contribution in [0.2, 0.25) is 5.15 Å². The van der Waals surface area contributed by atoms with Crippen LogP contribution < -0.4 is 10.7 Å². The van der Waals surface area contributed by atoms with Gasteiger partial charge in [-0.2, -0.15) is 0 Å². The van der Waals surface area contributed by atoms with E-state index in [-0.39, 0.29) is 28.6 Å². The second-order valence-corrected chi connectivity index (χ2v) is 11.8. The number of amides is 1. The Hall–Kier alpha value is -3.69. The van der Waals surface area contributed by atoms with Crippen molar-refractivity contribution in [2.24, 2.45) is 0 Å². The lowest BCUT2D eigenvalue weighted by molar-refractivity contribution is 0.0865. The Bertz CT molecular complexity index is 1740. The van der Waals surface area contributed by atoms with Crippen molar-refractivity contribution in [3.63, 3.8) is 0 Å². The summed E-state index contributed by atoms with van der Waals surface area (Å²) in [6, 6.07) is 15.8. The van der Waals surface area contributed by atoms with E-state index in [1.54, 1.807) is 19.1 Å². The first-order chi connectivity index (χ1) is 18.1. The number of pyridine rings is 1. The molecular formula is C28H26ClN3O5S. The van der Waals surface area contributed by atoms with E-state index in [1.165, 1.54) is 6.07 Å². The fraction of sp³-hybridized carbons (Fsp3) is 0.250. The minimum absolute atomic E-state index is 0.0677. The maximum Gasteiger partial charge on any atom is 0.288 e. The van der Waals surface area contributed by atoms with E-state index in [0.717, 1.165) is 15.4 Å².